The SMILES string of the molecule is CCCOc1c2oc2c(C(Cc2ccccc2)(c2ccccc2)c2cc3oc3c3oc23)c2oc12. The molecule has 0 aliphatic rings. The zero-order valence-corrected chi connectivity index (χ0v) is 18.5. The maximum absolute atomic E-state index is 6.13. The van der Waals surface area contributed by atoms with Gasteiger partial charge in [-0.3, -0.25) is 0 Å². The summed E-state index contributed by atoms with van der Waals surface area (Å²) in [6.45, 7) is 2.72. The lowest BCUT2D eigenvalue weighted by Crippen LogP contribution is -2.31. The van der Waals surface area contributed by atoms with E-state index in [2.05, 4.69) is 61.5 Å². The number of fused-ring (bicyclic) bond motifs is 5. The molecule has 0 amide bonds. The Labute approximate surface area is 193 Å². The standard InChI is InChI=1S/C29H20O5/c1-2-13-30-25-27-23(33-27)20(24-28(25)34-24)29(17-11-7-4-8-12-17,15-16-9-5-3-6-10-16)18-14-19-22(31-19)26-21(18)32-26/h3-12,14H,2,13,15H2,1H3. The van der Waals surface area contributed by atoms with Crippen LogP contribution < -0.4 is 4.74 Å². The van der Waals surface area contributed by atoms with Crippen molar-refractivity contribution in [2.24, 2.45) is 0 Å². The second-order valence-corrected chi connectivity index (χ2v) is 9.12. The van der Waals surface area contributed by atoms with Crippen LogP contribution in [-0.4, -0.2) is 6.61 Å². The Morgan fingerprint density at radius 1 is 0.706 bits per heavy atom. The molecule has 166 valence electrons. The minimum atomic E-state index is -0.589. The molecular formula is C29H20O5. The first kappa shape index (κ1) is 18.3. The van der Waals surface area contributed by atoms with Crippen molar-refractivity contribution >= 4 is 44.7 Å². The van der Waals surface area contributed by atoms with Crippen molar-refractivity contribution in [2.45, 2.75) is 25.2 Å². The number of hydrogen-bond donors (Lipinski definition) is 0. The molecule has 8 aromatic rings. The van der Waals surface area contributed by atoms with Gasteiger partial charge in [0.05, 0.1) is 17.6 Å². The van der Waals surface area contributed by atoms with Gasteiger partial charge in [-0.15, -0.1) is 0 Å². The first-order chi connectivity index (χ1) is 16.8. The van der Waals surface area contributed by atoms with Gasteiger partial charge in [-0.25, -0.2) is 0 Å². The molecule has 4 aromatic carbocycles. The van der Waals surface area contributed by atoms with Gasteiger partial charge >= 0.3 is 0 Å². The van der Waals surface area contributed by atoms with Crippen LogP contribution in [0.1, 0.15) is 35.6 Å². The fourth-order valence-corrected chi connectivity index (χ4v) is 5.31. The van der Waals surface area contributed by atoms with Crippen molar-refractivity contribution in [1.82, 2.24) is 0 Å². The lowest BCUT2D eigenvalue weighted by molar-refractivity contribution is 0.321. The maximum Gasteiger partial charge on any atom is 0.216 e. The maximum atomic E-state index is 6.13. The number of ether oxygens (including phenoxy) is 1. The Kier molecular flexibility index (Phi) is 3.37. The van der Waals surface area contributed by atoms with Gasteiger partial charge in [0.2, 0.25) is 28.1 Å². The molecule has 0 fully saturated rings. The molecule has 0 saturated heterocycles. The third kappa shape index (κ3) is 2.44. The molecule has 0 radical (unpaired) electrons. The first-order valence-corrected chi connectivity index (χ1v) is 11.7. The van der Waals surface area contributed by atoms with Crippen molar-refractivity contribution in [1.29, 1.82) is 0 Å². The van der Waals surface area contributed by atoms with E-state index in [9.17, 15) is 0 Å². The highest BCUT2D eigenvalue weighted by molar-refractivity contribution is 6.11. The van der Waals surface area contributed by atoms with E-state index in [-0.39, 0.29) is 0 Å². The van der Waals surface area contributed by atoms with Crippen LogP contribution in [0, 0.1) is 0 Å². The molecule has 0 bridgehead atoms. The quantitative estimate of drug-likeness (QED) is 0.222. The van der Waals surface area contributed by atoms with Gasteiger partial charge < -0.3 is 22.4 Å². The molecule has 0 aliphatic carbocycles. The molecule has 0 aliphatic heterocycles. The van der Waals surface area contributed by atoms with Crippen LogP contribution >= 0.6 is 0 Å². The fourth-order valence-electron chi connectivity index (χ4n) is 5.31. The zero-order chi connectivity index (χ0) is 22.4. The molecule has 4 heterocycles. The van der Waals surface area contributed by atoms with Gasteiger partial charge in [0, 0.05) is 5.56 Å². The highest BCUT2D eigenvalue weighted by Gasteiger charge is 2.49. The summed E-state index contributed by atoms with van der Waals surface area (Å²) in [6, 6.07) is 23.2. The van der Waals surface area contributed by atoms with E-state index in [4.69, 9.17) is 22.4 Å². The van der Waals surface area contributed by atoms with Crippen molar-refractivity contribution < 1.29 is 22.4 Å². The Hall–Kier alpha value is -4.12. The van der Waals surface area contributed by atoms with E-state index >= 15 is 0 Å². The molecule has 5 nitrogen and oxygen atoms in total. The van der Waals surface area contributed by atoms with Crippen LogP contribution in [0.25, 0.3) is 44.7 Å². The molecule has 8 rings (SSSR count). The minimum absolute atomic E-state index is 0.589. The normalized spacial score (nSPS) is 14.6. The smallest absolute Gasteiger partial charge is 0.216 e. The third-order valence-corrected chi connectivity index (χ3v) is 7.01. The molecule has 1 unspecified atom stereocenters. The molecule has 1 atom stereocenters. The van der Waals surface area contributed by atoms with Crippen molar-refractivity contribution in [3.8, 4) is 5.75 Å². The van der Waals surface area contributed by atoms with Crippen molar-refractivity contribution in [2.75, 3.05) is 6.61 Å². The van der Waals surface area contributed by atoms with Gasteiger partial charge in [0.15, 0.2) is 22.3 Å². The summed E-state index contributed by atoms with van der Waals surface area (Å²) in [4.78, 5) is 0. The number of rotatable bonds is 8. The summed E-state index contributed by atoms with van der Waals surface area (Å²) in [6.07, 6.45) is 1.64. The van der Waals surface area contributed by atoms with E-state index < -0.39 is 5.41 Å². The van der Waals surface area contributed by atoms with Crippen LogP contribution in [0.3, 0.4) is 0 Å². The Balaban J connectivity index is 1.44. The molecule has 0 spiro atoms. The third-order valence-electron chi connectivity index (χ3n) is 7.01. The van der Waals surface area contributed by atoms with E-state index in [0.717, 1.165) is 73.5 Å². The fraction of sp³-hybridized carbons (Fsp3) is 0.172. The highest BCUT2D eigenvalue weighted by Crippen LogP contribution is 2.59. The Morgan fingerprint density at radius 3 is 2.09 bits per heavy atom. The Bertz CT molecular complexity index is 1770. The predicted molar refractivity (Wildman–Crippen MR) is 129 cm³/mol. The van der Waals surface area contributed by atoms with Crippen LogP contribution in [-0.2, 0) is 11.8 Å². The topological polar surface area (TPSA) is 61.8 Å². The summed E-state index contributed by atoms with van der Waals surface area (Å²) in [7, 11) is 0. The van der Waals surface area contributed by atoms with Crippen molar-refractivity contribution in [3.05, 3.63) is 89.0 Å². The number of benzene rings is 4. The van der Waals surface area contributed by atoms with Gasteiger partial charge in [0.25, 0.3) is 0 Å². The second-order valence-electron chi connectivity index (χ2n) is 9.12. The largest absolute Gasteiger partial charge is 0.486 e. The van der Waals surface area contributed by atoms with E-state index in [1.807, 2.05) is 12.1 Å². The van der Waals surface area contributed by atoms with Gasteiger partial charge in [-0.05, 0) is 30.0 Å². The van der Waals surface area contributed by atoms with Gasteiger partial charge in [0.1, 0.15) is 0 Å². The molecule has 4 aromatic heterocycles. The number of hydrogen-bond acceptors (Lipinski definition) is 5. The van der Waals surface area contributed by atoms with E-state index in [1.165, 1.54) is 5.56 Å². The summed E-state index contributed by atoms with van der Waals surface area (Å²) in [5.74, 6) is 0.730. The summed E-state index contributed by atoms with van der Waals surface area (Å²) >= 11 is 0. The molecule has 34 heavy (non-hydrogen) atoms. The van der Waals surface area contributed by atoms with Crippen LogP contribution in [0.15, 0.2) is 84.4 Å². The average Bonchev–Trinajstić information content (AvgIpc) is 3.69. The summed E-state index contributed by atoms with van der Waals surface area (Å²) < 4.78 is 30.0. The highest BCUT2D eigenvalue weighted by atomic mass is 16.5. The van der Waals surface area contributed by atoms with Crippen LogP contribution in [0.4, 0.5) is 0 Å². The molecular weight excluding hydrogens is 428 g/mol. The lowest BCUT2D eigenvalue weighted by atomic mass is 9.66. The lowest BCUT2D eigenvalue weighted by Gasteiger charge is -2.33. The van der Waals surface area contributed by atoms with Gasteiger partial charge in [-0.2, -0.15) is 0 Å². The monoisotopic (exact) mass is 448 g/mol. The Morgan fingerprint density at radius 2 is 1.38 bits per heavy atom. The van der Waals surface area contributed by atoms with Crippen molar-refractivity contribution in [3.63, 3.8) is 0 Å². The molecule has 0 saturated carbocycles. The average molecular weight is 448 g/mol. The zero-order valence-electron chi connectivity index (χ0n) is 18.5. The molecule has 0 N–H and O–H groups in total. The van der Waals surface area contributed by atoms with E-state index in [1.54, 1.807) is 0 Å². The van der Waals surface area contributed by atoms with Crippen LogP contribution in [0.2, 0.25) is 0 Å². The summed E-state index contributed by atoms with van der Waals surface area (Å²) in [5, 5.41) is 0. The van der Waals surface area contributed by atoms with Crippen LogP contribution in [0.5, 0.6) is 5.75 Å². The predicted octanol–water partition coefficient (Wildman–Crippen LogP) is 7.79. The molecule has 5 heteroatoms. The first-order valence-electron chi connectivity index (χ1n) is 11.7. The second kappa shape index (κ2) is 6.26. The van der Waals surface area contributed by atoms with E-state index in [0.29, 0.717) is 13.0 Å². The summed E-state index contributed by atoms with van der Waals surface area (Å²) in [5.41, 5.74) is 10.7. The minimum Gasteiger partial charge on any atom is -0.486 e. The van der Waals surface area contributed by atoms with Gasteiger partial charge in [-0.1, -0.05) is 67.6 Å².